The van der Waals surface area contributed by atoms with Crippen LogP contribution in [0.1, 0.15) is 5.56 Å². The highest BCUT2D eigenvalue weighted by atomic mass is 35.5. The molecule has 0 unspecified atom stereocenters. The molecule has 0 fully saturated rings. The van der Waals surface area contributed by atoms with E-state index in [9.17, 15) is 12.3 Å². The molecule has 0 saturated carbocycles. The topological polar surface area (TPSA) is 34.1 Å². The summed E-state index contributed by atoms with van der Waals surface area (Å²) in [4.78, 5) is 0. The molecule has 0 spiro atoms. The van der Waals surface area contributed by atoms with Gasteiger partial charge >= 0.3 is 10.2 Å². The highest BCUT2D eigenvalue weighted by Gasteiger charge is 2.11. The minimum absolute atomic E-state index is 0.147. The van der Waals surface area contributed by atoms with Crippen LogP contribution < -0.4 is 0 Å². The zero-order valence-electron chi connectivity index (χ0n) is 6.30. The first-order valence-corrected chi connectivity index (χ1v) is 5.55. The second-order valence-corrected chi connectivity index (χ2v) is 4.63. The average molecular weight is 243 g/mol. The van der Waals surface area contributed by atoms with E-state index in [0.717, 1.165) is 0 Å². The molecular weight excluding hydrogens is 238 g/mol. The first kappa shape index (κ1) is 10.8. The van der Waals surface area contributed by atoms with Gasteiger partial charge in [-0.3, -0.25) is 0 Å². The van der Waals surface area contributed by atoms with Crippen molar-refractivity contribution in [2.24, 2.45) is 0 Å². The maximum atomic E-state index is 12.2. The number of benzene rings is 1. The van der Waals surface area contributed by atoms with Gasteiger partial charge in [0.1, 0.15) is 5.75 Å². The molecule has 6 heteroatoms. The van der Waals surface area contributed by atoms with Crippen molar-refractivity contribution in [1.82, 2.24) is 0 Å². The predicted molar refractivity (Wildman–Crippen MR) is 50.2 cm³/mol. The maximum absolute atomic E-state index is 12.2. The van der Waals surface area contributed by atoms with Crippen molar-refractivity contribution >= 4 is 33.4 Å². The van der Waals surface area contributed by atoms with Gasteiger partial charge < -0.3 is 0 Å². The lowest BCUT2D eigenvalue weighted by Crippen LogP contribution is -1.96. The Morgan fingerprint density at radius 3 is 2.38 bits per heavy atom. The third kappa shape index (κ3) is 3.50. The van der Waals surface area contributed by atoms with E-state index in [4.69, 9.17) is 23.2 Å². The smallest absolute Gasteiger partial charge is 0.194 e. The van der Waals surface area contributed by atoms with Gasteiger partial charge in [0.05, 0.1) is 0 Å². The van der Waals surface area contributed by atoms with Crippen molar-refractivity contribution in [3.63, 3.8) is 0 Å². The highest BCUT2D eigenvalue weighted by Crippen LogP contribution is 2.22. The molecule has 0 aromatic heterocycles. The first-order chi connectivity index (χ1) is 5.88. The molecule has 72 valence electrons. The van der Waals surface area contributed by atoms with Crippen LogP contribution in [0.4, 0.5) is 3.89 Å². The number of rotatable bonds is 2. The van der Waals surface area contributed by atoms with E-state index >= 15 is 0 Å². The van der Waals surface area contributed by atoms with Crippen molar-refractivity contribution in [1.29, 1.82) is 0 Å². The molecule has 0 atom stereocenters. The Morgan fingerprint density at radius 2 is 1.92 bits per heavy atom. The molecule has 1 aromatic carbocycles. The van der Waals surface area contributed by atoms with Crippen LogP contribution in [-0.4, -0.2) is 8.42 Å². The predicted octanol–water partition coefficient (Wildman–Crippen LogP) is 2.79. The van der Waals surface area contributed by atoms with Crippen LogP contribution in [0.3, 0.4) is 0 Å². The molecule has 0 N–H and O–H groups in total. The summed E-state index contributed by atoms with van der Waals surface area (Å²) in [6, 6.07) is 4.19. The Labute approximate surface area is 85.5 Å². The average Bonchev–Trinajstić information content (AvgIpc) is 1.93. The zero-order chi connectivity index (χ0) is 10.1. The van der Waals surface area contributed by atoms with Gasteiger partial charge in [-0.1, -0.05) is 29.3 Å². The van der Waals surface area contributed by atoms with Crippen LogP contribution >= 0.6 is 23.2 Å². The minimum atomic E-state index is -4.54. The number of halogens is 3. The monoisotopic (exact) mass is 242 g/mol. The third-order valence-electron chi connectivity index (χ3n) is 1.34. The largest absolute Gasteiger partial charge is 0.306 e. The molecule has 1 rings (SSSR count). The third-order valence-corrected chi connectivity index (χ3v) is 2.59. The fourth-order valence-corrected chi connectivity index (χ4v) is 2.00. The Hall–Kier alpha value is -0.320. The summed E-state index contributed by atoms with van der Waals surface area (Å²) in [5.41, 5.74) is 0.202. The van der Waals surface area contributed by atoms with E-state index in [1.165, 1.54) is 18.2 Å². The Kier molecular flexibility index (Phi) is 3.16. The van der Waals surface area contributed by atoms with E-state index in [1.54, 1.807) is 0 Å². The van der Waals surface area contributed by atoms with Gasteiger partial charge in [0, 0.05) is 10.0 Å². The normalized spacial score (nSPS) is 11.6. The van der Waals surface area contributed by atoms with Gasteiger partial charge in [-0.05, 0) is 17.7 Å². The molecule has 1 aromatic rings. The molecule has 0 aliphatic heterocycles. The van der Waals surface area contributed by atoms with Crippen molar-refractivity contribution in [2.75, 3.05) is 0 Å². The van der Waals surface area contributed by atoms with Crippen LogP contribution in [0.15, 0.2) is 18.2 Å². The van der Waals surface area contributed by atoms with Crippen LogP contribution in [0.2, 0.25) is 10.0 Å². The summed E-state index contributed by atoms with van der Waals surface area (Å²) in [5, 5.41) is 0.527. The Morgan fingerprint density at radius 1 is 1.31 bits per heavy atom. The van der Waals surface area contributed by atoms with Crippen molar-refractivity contribution in [2.45, 2.75) is 5.75 Å². The molecule has 13 heavy (non-hydrogen) atoms. The van der Waals surface area contributed by atoms with Gasteiger partial charge in [-0.15, -0.1) is 3.89 Å². The van der Waals surface area contributed by atoms with Gasteiger partial charge in [-0.25, -0.2) is 0 Å². The quantitative estimate of drug-likeness (QED) is 0.748. The van der Waals surface area contributed by atoms with E-state index in [-0.39, 0.29) is 10.6 Å². The fourth-order valence-electron chi connectivity index (χ4n) is 0.824. The zero-order valence-corrected chi connectivity index (χ0v) is 8.63. The van der Waals surface area contributed by atoms with Crippen molar-refractivity contribution in [3.05, 3.63) is 33.8 Å². The van der Waals surface area contributed by atoms with Crippen LogP contribution in [0.5, 0.6) is 0 Å². The molecule has 0 bridgehead atoms. The van der Waals surface area contributed by atoms with E-state index in [1.807, 2.05) is 0 Å². The molecule has 0 aliphatic rings. The van der Waals surface area contributed by atoms with Crippen molar-refractivity contribution in [3.8, 4) is 0 Å². The second-order valence-electron chi connectivity index (χ2n) is 2.42. The lowest BCUT2D eigenvalue weighted by Gasteiger charge is -2.00. The second kappa shape index (κ2) is 3.82. The first-order valence-electron chi connectivity index (χ1n) is 3.25. The lowest BCUT2D eigenvalue weighted by molar-refractivity contribution is 0.551. The summed E-state index contributed by atoms with van der Waals surface area (Å²) in [5.74, 6) is -0.719. The van der Waals surface area contributed by atoms with Gasteiger partial charge in [0.2, 0.25) is 0 Å². The molecule has 0 saturated heterocycles. The number of hydrogen-bond donors (Lipinski definition) is 0. The molecule has 0 heterocycles. The van der Waals surface area contributed by atoms with Crippen LogP contribution in [-0.2, 0) is 16.0 Å². The van der Waals surface area contributed by atoms with Gasteiger partial charge in [0.15, 0.2) is 0 Å². The summed E-state index contributed by atoms with van der Waals surface area (Å²) < 4.78 is 32.8. The summed E-state index contributed by atoms with van der Waals surface area (Å²) in [6.45, 7) is 0. The van der Waals surface area contributed by atoms with E-state index in [2.05, 4.69) is 0 Å². The summed E-state index contributed by atoms with van der Waals surface area (Å²) in [6.07, 6.45) is 0. The fraction of sp³-hybridized carbons (Fsp3) is 0.143. The molecule has 0 radical (unpaired) electrons. The minimum Gasteiger partial charge on any atom is -0.194 e. The number of hydrogen-bond acceptors (Lipinski definition) is 2. The Bertz CT molecular complexity index is 417. The standard InChI is InChI=1S/C7H5Cl2FO2S/c8-6-2-1-5(7(9)3-6)4-13(10,11)12/h1-3H,4H2. The lowest BCUT2D eigenvalue weighted by atomic mass is 10.2. The molecule has 2 nitrogen and oxygen atoms in total. The molecule has 0 amide bonds. The summed E-state index contributed by atoms with van der Waals surface area (Å²) in [7, 11) is -4.54. The molecular formula is C7H5Cl2FO2S. The highest BCUT2D eigenvalue weighted by molar-refractivity contribution is 7.85. The molecule has 0 aliphatic carbocycles. The van der Waals surface area contributed by atoms with E-state index < -0.39 is 16.0 Å². The van der Waals surface area contributed by atoms with Crippen molar-refractivity contribution < 1.29 is 12.3 Å². The van der Waals surface area contributed by atoms with Crippen LogP contribution in [0, 0.1) is 0 Å². The maximum Gasteiger partial charge on any atom is 0.306 e. The van der Waals surface area contributed by atoms with E-state index in [0.29, 0.717) is 5.02 Å². The summed E-state index contributed by atoms with van der Waals surface area (Å²) >= 11 is 11.2. The Balaban J connectivity index is 3.04. The van der Waals surface area contributed by atoms with Gasteiger partial charge in [-0.2, -0.15) is 8.42 Å². The SMILES string of the molecule is O=S(=O)(F)Cc1ccc(Cl)cc1Cl. The van der Waals surface area contributed by atoms with Crippen LogP contribution in [0.25, 0.3) is 0 Å². The van der Waals surface area contributed by atoms with Gasteiger partial charge in [0.25, 0.3) is 0 Å².